The number of amides is 1. The first-order valence-electron chi connectivity index (χ1n) is 13.4. The number of methoxy groups -OCH3 is 1. The second-order valence-corrected chi connectivity index (χ2v) is 14.5. The summed E-state index contributed by atoms with van der Waals surface area (Å²) < 4.78 is 104. The summed E-state index contributed by atoms with van der Waals surface area (Å²) in [7, 11) is -6.17. The van der Waals surface area contributed by atoms with Crippen molar-refractivity contribution in [2.24, 2.45) is 0 Å². The maximum absolute atomic E-state index is 13.9. The number of sulfone groups is 1. The van der Waals surface area contributed by atoms with Gasteiger partial charge in [0.15, 0.2) is 9.84 Å². The third-order valence-corrected chi connectivity index (χ3v) is 10.8. The van der Waals surface area contributed by atoms with E-state index < -0.39 is 42.6 Å². The molecule has 2 aliphatic heterocycles. The van der Waals surface area contributed by atoms with E-state index in [1.54, 1.807) is 42.5 Å². The Balaban J connectivity index is 1.47. The first-order valence-corrected chi connectivity index (χ1v) is 16.7. The van der Waals surface area contributed by atoms with Gasteiger partial charge in [-0.25, -0.2) is 16.8 Å². The van der Waals surface area contributed by atoms with E-state index in [0.29, 0.717) is 17.4 Å². The normalized spacial score (nSPS) is 18.5. The number of benzene rings is 3. The molecule has 1 fully saturated rings. The van der Waals surface area contributed by atoms with Crippen molar-refractivity contribution in [3.63, 3.8) is 0 Å². The van der Waals surface area contributed by atoms with Crippen LogP contribution in [-0.2, 0) is 30.8 Å². The molecular weight excluding hydrogens is 609 g/mol. The van der Waals surface area contributed by atoms with Crippen molar-refractivity contribution in [1.29, 1.82) is 0 Å². The molecule has 43 heavy (non-hydrogen) atoms. The minimum atomic E-state index is -4.75. The Hall–Kier alpha value is -3.78. The smallest absolute Gasteiger partial charge is 0.416 e. The van der Waals surface area contributed by atoms with Gasteiger partial charge in [0.05, 0.1) is 41.3 Å². The summed E-state index contributed by atoms with van der Waals surface area (Å²) in [6.07, 6.45) is -5.47. The lowest BCUT2D eigenvalue weighted by Gasteiger charge is -2.36. The van der Waals surface area contributed by atoms with Crippen LogP contribution in [0.2, 0.25) is 0 Å². The van der Waals surface area contributed by atoms with Crippen molar-refractivity contribution < 1.29 is 44.3 Å². The van der Waals surface area contributed by atoms with Crippen molar-refractivity contribution in [1.82, 2.24) is 4.90 Å². The molecule has 9 nitrogen and oxygen atoms in total. The van der Waals surface area contributed by atoms with Gasteiger partial charge in [0.2, 0.25) is 5.91 Å². The highest BCUT2D eigenvalue weighted by atomic mass is 32.2. The highest BCUT2D eigenvalue weighted by Gasteiger charge is 2.37. The van der Waals surface area contributed by atoms with E-state index in [0.717, 1.165) is 28.1 Å². The van der Waals surface area contributed by atoms with Crippen LogP contribution in [0.15, 0.2) is 71.6 Å². The number of nitrogens with zero attached hydrogens (tertiary/aromatic N) is 2. The molecule has 1 saturated heterocycles. The molecular formula is C29H29F3N2O7S2. The maximum Gasteiger partial charge on any atom is 0.416 e. The number of fused-ring (bicyclic) bond motifs is 1. The van der Waals surface area contributed by atoms with E-state index in [1.807, 2.05) is 0 Å². The van der Waals surface area contributed by atoms with Crippen LogP contribution in [0.5, 0.6) is 11.5 Å². The van der Waals surface area contributed by atoms with Crippen molar-refractivity contribution >= 4 is 31.5 Å². The Bertz CT molecular complexity index is 1730. The van der Waals surface area contributed by atoms with E-state index in [2.05, 4.69) is 0 Å². The number of sulfonamides is 1. The monoisotopic (exact) mass is 638 g/mol. The maximum atomic E-state index is 13.9. The Morgan fingerprint density at radius 3 is 2.40 bits per heavy atom. The van der Waals surface area contributed by atoms with Crippen molar-refractivity contribution in [2.75, 3.05) is 42.6 Å². The van der Waals surface area contributed by atoms with Crippen LogP contribution >= 0.6 is 0 Å². The summed E-state index contributed by atoms with van der Waals surface area (Å²) in [5.41, 5.74) is 0.383. The highest BCUT2D eigenvalue weighted by molar-refractivity contribution is 7.93. The first kappa shape index (κ1) is 30.7. The molecule has 0 bridgehead atoms. The van der Waals surface area contributed by atoms with Gasteiger partial charge < -0.3 is 14.4 Å². The highest BCUT2D eigenvalue weighted by Crippen LogP contribution is 2.41. The SMILES string of the molecule is COc1cccc(-c2ccc3c(c2)N(S(=O)(=O)c2cccc(C(F)(F)F)c2)C[C@H](CCC(=O)N2CCS(=O)(=O)CC2)O3)c1. The Kier molecular flexibility index (Phi) is 8.36. The van der Waals surface area contributed by atoms with Gasteiger partial charge in [-0.2, -0.15) is 13.2 Å². The van der Waals surface area contributed by atoms with Gasteiger partial charge in [0.25, 0.3) is 10.0 Å². The third-order valence-electron chi connectivity index (χ3n) is 7.42. The number of anilines is 1. The zero-order valence-corrected chi connectivity index (χ0v) is 24.7. The van der Waals surface area contributed by atoms with Gasteiger partial charge in [0, 0.05) is 19.5 Å². The van der Waals surface area contributed by atoms with Gasteiger partial charge in [-0.3, -0.25) is 9.10 Å². The minimum absolute atomic E-state index is 0.0284. The van der Waals surface area contributed by atoms with Crippen LogP contribution in [-0.4, -0.2) is 72.0 Å². The standard InChI is InChI=1S/C29H29F3N2O7S2/c1-40-23-6-2-4-20(16-23)21-8-10-27-26(17-21)34(43(38,39)25-7-3-5-22(18-25)29(30,31)32)19-24(41-27)9-11-28(35)33-12-14-42(36,37)15-13-33/h2-8,10,16-18,24H,9,11-15,19H2,1H3/t24-/m0/s1. The third kappa shape index (κ3) is 6.74. The predicted molar refractivity (Wildman–Crippen MR) is 153 cm³/mol. The molecule has 1 amide bonds. The Morgan fingerprint density at radius 1 is 1.00 bits per heavy atom. The first-order chi connectivity index (χ1) is 20.3. The van der Waals surface area contributed by atoms with E-state index in [1.165, 1.54) is 12.0 Å². The quantitative estimate of drug-likeness (QED) is 0.378. The van der Waals surface area contributed by atoms with Crippen LogP contribution in [0.3, 0.4) is 0 Å². The summed E-state index contributed by atoms with van der Waals surface area (Å²) in [5.74, 6) is 0.242. The fourth-order valence-electron chi connectivity index (χ4n) is 5.04. The van der Waals surface area contributed by atoms with Crippen LogP contribution in [0.4, 0.5) is 18.9 Å². The summed E-state index contributed by atoms with van der Waals surface area (Å²) in [6.45, 7) is -0.0912. The van der Waals surface area contributed by atoms with Gasteiger partial charge in [-0.15, -0.1) is 0 Å². The minimum Gasteiger partial charge on any atom is -0.497 e. The van der Waals surface area contributed by atoms with Crippen molar-refractivity contribution in [3.8, 4) is 22.6 Å². The number of carbonyl (C=O) groups excluding carboxylic acids is 1. The number of hydrogen-bond acceptors (Lipinski definition) is 7. The summed E-state index contributed by atoms with van der Waals surface area (Å²) in [6, 6.07) is 15.5. The molecule has 0 aliphatic carbocycles. The van der Waals surface area contributed by atoms with E-state index >= 15 is 0 Å². The second-order valence-electron chi connectivity index (χ2n) is 10.3. The molecule has 3 aromatic rings. The average Bonchev–Trinajstić information content (AvgIpc) is 2.98. The van der Waals surface area contributed by atoms with Gasteiger partial charge in [0.1, 0.15) is 17.6 Å². The van der Waals surface area contributed by atoms with Crippen LogP contribution in [0, 0.1) is 0 Å². The van der Waals surface area contributed by atoms with Gasteiger partial charge in [-0.1, -0.05) is 24.3 Å². The second kappa shape index (κ2) is 11.7. The molecule has 2 heterocycles. The lowest BCUT2D eigenvalue weighted by Crippen LogP contribution is -2.46. The fourth-order valence-corrected chi connectivity index (χ4v) is 7.78. The fraction of sp³-hybridized carbons (Fsp3) is 0.345. The van der Waals surface area contributed by atoms with Gasteiger partial charge >= 0.3 is 6.18 Å². The lowest BCUT2D eigenvalue weighted by molar-refractivity contribution is -0.137. The van der Waals surface area contributed by atoms with Gasteiger partial charge in [-0.05, 0) is 60.0 Å². The van der Waals surface area contributed by atoms with E-state index in [-0.39, 0.29) is 61.3 Å². The molecule has 0 spiro atoms. The summed E-state index contributed by atoms with van der Waals surface area (Å²) in [5, 5.41) is 0. The topological polar surface area (TPSA) is 110 Å². The molecule has 14 heteroatoms. The van der Waals surface area contributed by atoms with Crippen LogP contribution in [0.25, 0.3) is 11.1 Å². The molecule has 230 valence electrons. The van der Waals surface area contributed by atoms with Crippen molar-refractivity contribution in [3.05, 3.63) is 72.3 Å². The zero-order chi connectivity index (χ0) is 31.0. The Labute approximate surface area is 247 Å². The molecule has 3 aromatic carbocycles. The summed E-state index contributed by atoms with van der Waals surface area (Å²) in [4.78, 5) is 13.7. The molecule has 2 aliphatic rings. The number of ether oxygens (including phenoxy) is 2. The molecule has 0 unspecified atom stereocenters. The molecule has 1 atom stereocenters. The number of carbonyl (C=O) groups is 1. The molecule has 5 rings (SSSR count). The van der Waals surface area contributed by atoms with E-state index in [9.17, 15) is 34.8 Å². The van der Waals surface area contributed by atoms with Crippen LogP contribution < -0.4 is 13.8 Å². The number of halogens is 3. The molecule has 0 saturated carbocycles. The average molecular weight is 639 g/mol. The molecule has 0 radical (unpaired) electrons. The summed E-state index contributed by atoms with van der Waals surface area (Å²) >= 11 is 0. The largest absolute Gasteiger partial charge is 0.497 e. The number of hydrogen-bond donors (Lipinski definition) is 0. The predicted octanol–water partition coefficient (Wildman–Crippen LogP) is 4.37. The van der Waals surface area contributed by atoms with E-state index in [4.69, 9.17) is 9.47 Å². The number of alkyl halides is 3. The Morgan fingerprint density at radius 2 is 1.70 bits per heavy atom. The molecule has 0 aromatic heterocycles. The molecule has 0 N–H and O–H groups in total. The zero-order valence-electron chi connectivity index (χ0n) is 23.1. The lowest BCUT2D eigenvalue weighted by atomic mass is 10.0. The van der Waals surface area contributed by atoms with Crippen LogP contribution in [0.1, 0.15) is 18.4 Å². The number of rotatable bonds is 7. The van der Waals surface area contributed by atoms with Crippen molar-refractivity contribution in [2.45, 2.75) is 30.0 Å².